The first-order chi connectivity index (χ1) is 12.9. The van der Waals surface area contributed by atoms with E-state index < -0.39 is 6.04 Å². The number of hydrogen-bond acceptors (Lipinski definition) is 3. The molecule has 3 rings (SSSR count). The smallest absolute Gasteiger partial charge is 0.257 e. The van der Waals surface area contributed by atoms with Gasteiger partial charge in [0.1, 0.15) is 6.04 Å². The average Bonchev–Trinajstić information content (AvgIpc) is 3.15. The van der Waals surface area contributed by atoms with Gasteiger partial charge in [0.05, 0.1) is 10.6 Å². The molecule has 1 atom stereocenters. The number of nitrogens with one attached hydrogen (secondary N) is 2. The summed E-state index contributed by atoms with van der Waals surface area (Å²) in [6, 6.07) is 12.8. The van der Waals surface area contributed by atoms with E-state index in [1.54, 1.807) is 66.5 Å². The predicted molar refractivity (Wildman–Crippen MR) is 106 cm³/mol. The van der Waals surface area contributed by atoms with Crippen molar-refractivity contribution in [2.24, 2.45) is 0 Å². The monoisotopic (exact) mass is 402 g/mol. The molecule has 2 N–H and O–H groups in total. The van der Waals surface area contributed by atoms with E-state index in [4.69, 9.17) is 23.2 Å². The molecule has 2 aromatic carbocycles. The number of benzene rings is 2. The standard InChI is InChI=1S/C19H16Cl2N4O2/c1-12(25-9-3-8-22-25)18(26)23-14-4-2-5-15(11-14)24-19(27)16-7-6-13(20)10-17(16)21/h2-12H,1H3,(H,23,26)(H,24,27)/t12-/m0/s1. The molecular weight excluding hydrogens is 387 g/mol. The lowest BCUT2D eigenvalue weighted by Gasteiger charge is -2.13. The highest BCUT2D eigenvalue weighted by molar-refractivity contribution is 6.37. The summed E-state index contributed by atoms with van der Waals surface area (Å²) < 4.78 is 1.56. The molecular formula is C19H16Cl2N4O2. The van der Waals surface area contributed by atoms with E-state index in [0.29, 0.717) is 22.0 Å². The van der Waals surface area contributed by atoms with Crippen molar-refractivity contribution in [3.05, 3.63) is 76.5 Å². The van der Waals surface area contributed by atoms with Crippen molar-refractivity contribution in [2.45, 2.75) is 13.0 Å². The predicted octanol–water partition coefficient (Wildman–Crippen LogP) is 4.64. The molecule has 0 aliphatic rings. The lowest BCUT2D eigenvalue weighted by atomic mass is 10.2. The Bertz CT molecular complexity index is 974. The number of aromatic nitrogens is 2. The summed E-state index contributed by atoms with van der Waals surface area (Å²) in [5.74, 6) is -0.590. The van der Waals surface area contributed by atoms with Gasteiger partial charge in [-0.25, -0.2) is 0 Å². The van der Waals surface area contributed by atoms with Crippen LogP contribution in [0.4, 0.5) is 11.4 Å². The molecule has 27 heavy (non-hydrogen) atoms. The Morgan fingerprint density at radius 1 is 1.04 bits per heavy atom. The van der Waals surface area contributed by atoms with Crippen LogP contribution in [0.1, 0.15) is 23.3 Å². The van der Waals surface area contributed by atoms with Crippen LogP contribution in [0, 0.1) is 0 Å². The fourth-order valence-electron chi connectivity index (χ4n) is 2.42. The zero-order valence-corrected chi connectivity index (χ0v) is 15.8. The number of carbonyl (C=O) groups excluding carboxylic acids is 2. The van der Waals surface area contributed by atoms with E-state index in [9.17, 15) is 9.59 Å². The van der Waals surface area contributed by atoms with Crippen molar-refractivity contribution >= 4 is 46.4 Å². The van der Waals surface area contributed by atoms with Crippen molar-refractivity contribution in [1.82, 2.24) is 9.78 Å². The molecule has 6 nitrogen and oxygen atoms in total. The number of nitrogens with zero attached hydrogens (tertiary/aromatic N) is 2. The summed E-state index contributed by atoms with van der Waals surface area (Å²) >= 11 is 11.9. The molecule has 1 aromatic heterocycles. The molecule has 0 aliphatic heterocycles. The van der Waals surface area contributed by atoms with Crippen LogP contribution in [-0.2, 0) is 4.79 Å². The van der Waals surface area contributed by atoms with Crippen LogP contribution in [0.25, 0.3) is 0 Å². The van der Waals surface area contributed by atoms with E-state index in [2.05, 4.69) is 15.7 Å². The van der Waals surface area contributed by atoms with Crippen molar-refractivity contribution in [1.29, 1.82) is 0 Å². The number of amides is 2. The largest absolute Gasteiger partial charge is 0.324 e. The van der Waals surface area contributed by atoms with Gasteiger partial charge < -0.3 is 10.6 Å². The zero-order valence-electron chi connectivity index (χ0n) is 14.3. The fraction of sp³-hybridized carbons (Fsp3) is 0.105. The quantitative estimate of drug-likeness (QED) is 0.652. The Morgan fingerprint density at radius 3 is 2.44 bits per heavy atom. The summed E-state index contributed by atoms with van der Waals surface area (Å²) in [6.45, 7) is 1.75. The van der Waals surface area contributed by atoms with Crippen LogP contribution in [0.3, 0.4) is 0 Å². The molecule has 0 aliphatic carbocycles. The second kappa shape index (κ2) is 8.24. The number of rotatable bonds is 5. The molecule has 0 unspecified atom stereocenters. The van der Waals surface area contributed by atoms with Gasteiger partial charge in [0, 0.05) is 28.8 Å². The van der Waals surface area contributed by atoms with Gasteiger partial charge in [-0.1, -0.05) is 29.3 Å². The number of carbonyl (C=O) groups is 2. The van der Waals surface area contributed by atoms with Gasteiger partial charge in [0.15, 0.2) is 0 Å². The number of halogens is 2. The lowest BCUT2D eigenvalue weighted by Crippen LogP contribution is -2.24. The highest BCUT2D eigenvalue weighted by Crippen LogP contribution is 2.23. The molecule has 0 bridgehead atoms. The number of anilines is 2. The third-order valence-corrected chi connectivity index (χ3v) is 4.41. The minimum atomic E-state index is -0.467. The molecule has 0 saturated heterocycles. The summed E-state index contributed by atoms with van der Waals surface area (Å²) in [5.41, 5.74) is 1.39. The van der Waals surface area contributed by atoms with E-state index >= 15 is 0 Å². The second-order valence-electron chi connectivity index (χ2n) is 5.81. The highest BCUT2D eigenvalue weighted by atomic mass is 35.5. The SMILES string of the molecule is C[C@@H](C(=O)Nc1cccc(NC(=O)c2ccc(Cl)cc2Cl)c1)n1cccn1. The topological polar surface area (TPSA) is 76.0 Å². The van der Waals surface area contributed by atoms with E-state index in [-0.39, 0.29) is 16.8 Å². The lowest BCUT2D eigenvalue weighted by molar-refractivity contribution is -0.119. The van der Waals surface area contributed by atoms with Gasteiger partial charge in [0.25, 0.3) is 5.91 Å². The van der Waals surface area contributed by atoms with E-state index in [1.807, 2.05) is 0 Å². The normalized spacial score (nSPS) is 11.7. The minimum absolute atomic E-state index is 0.220. The van der Waals surface area contributed by atoms with Gasteiger partial charge >= 0.3 is 0 Å². The third-order valence-electron chi connectivity index (χ3n) is 3.86. The maximum absolute atomic E-state index is 12.4. The molecule has 8 heteroatoms. The van der Waals surface area contributed by atoms with Crippen LogP contribution < -0.4 is 10.6 Å². The summed E-state index contributed by atoms with van der Waals surface area (Å²) in [4.78, 5) is 24.8. The molecule has 3 aromatic rings. The van der Waals surface area contributed by atoms with E-state index in [1.165, 1.54) is 6.07 Å². The molecule has 0 spiro atoms. The van der Waals surface area contributed by atoms with E-state index in [0.717, 1.165) is 0 Å². The van der Waals surface area contributed by atoms with Crippen LogP contribution in [-0.4, -0.2) is 21.6 Å². The Labute approximate surface area is 166 Å². The fourth-order valence-corrected chi connectivity index (χ4v) is 2.92. The minimum Gasteiger partial charge on any atom is -0.324 e. The van der Waals surface area contributed by atoms with Gasteiger partial charge in [0.2, 0.25) is 5.91 Å². The van der Waals surface area contributed by atoms with Gasteiger partial charge in [-0.3, -0.25) is 14.3 Å². The summed E-state index contributed by atoms with van der Waals surface area (Å²) in [5, 5.41) is 10.3. The van der Waals surface area contributed by atoms with Crippen molar-refractivity contribution < 1.29 is 9.59 Å². The molecule has 2 amide bonds. The maximum Gasteiger partial charge on any atom is 0.257 e. The maximum atomic E-state index is 12.4. The van der Waals surface area contributed by atoms with Gasteiger partial charge in [-0.15, -0.1) is 0 Å². The Kier molecular flexibility index (Phi) is 5.78. The van der Waals surface area contributed by atoms with Crippen molar-refractivity contribution in [3.8, 4) is 0 Å². The molecule has 0 saturated carbocycles. The number of hydrogen-bond donors (Lipinski definition) is 2. The van der Waals surface area contributed by atoms with Crippen molar-refractivity contribution in [2.75, 3.05) is 10.6 Å². The zero-order chi connectivity index (χ0) is 19.4. The third kappa shape index (κ3) is 4.67. The van der Waals surface area contributed by atoms with Crippen LogP contribution in [0.5, 0.6) is 0 Å². The summed E-state index contributed by atoms with van der Waals surface area (Å²) in [6.07, 6.45) is 3.33. The first kappa shape index (κ1) is 18.9. The summed E-state index contributed by atoms with van der Waals surface area (Å²) in [7, 11) is 0. The second-order valence-corrected chi connectivity index (χ2v) is 6.65. The molecule has 138 valence electrons. The Balaban J connectivity index is 1.70. The first-order valence-corrected chi connectivity index (χ1v) is 8.86. The van der Waals surface area contributed by atoms with Gasteiger partial charge in [-0.2, -0.15) is 5.10 Å². The van der Waals surface area contributed by atoms with Crippen LogP contribution in [0.2, 0.25) is 10.0 Å². The highest BCUT2D eigenvalue weighted by Gasteiger charge is 2.16. The Morgan fingerprint density at radius 2 is 1.78 bits per heavy atom. The first-order valence-electron chi connectivity index (χ1n) is 8.10. The van der Waals surface area contributed by atoms with Crippen LogP contribution >= 0.6 is 23.2 Å². The van der Waals surface area contributed by atoms with Gasteiger partial charge in [-0.05, 0) is 49.4 Å². The van der Waals surface area contributed by atoms with Crippen molar-refractivity contribution in [3.63, 3.8) is 0 Å². The molecule has 0 radical (unpaired) electrons. The average molecular weight is 403 g/mol. The Hall–Kier alpha value is -2.83. The molecule has 0 fully saturated rings. The van der Waals surface area contributed by atoms with Crippen LogP contribution in [0.15, 0.2) is 60.9 Å². The molecule has 1 heterocycles.